The zero-order valence-corrected chi connectivity index (χ0v) is 13.7. The number of nitrogens with zero attached hydrogens (tertiary/aromatic N) is 2. The van der Waals surface area contributed by atoms with E-state index in [1.807, 2.05) is 41.3 Å². The number of carbonyl (C=O) groups is 1. The van der Waals surface area contributed by atoms with E-state index in [1.54, 1.807) is 0 Å². The number of amides is 1. The topological polar surface area (TPSA) is 55.6 Å². The van der Waals surface area contributed by atoms with E-state index in [2.05, 4.69) is 5.16 Å². The minimum Gasteiger partial charge on any atom is -0.365 e. The number of likely N-dealkylation sites (tertiary alicyclic amines) is 1. The second kappa shape index (κ2) is 6.40. The number of benzene rings is 1. The monoisotopic (exact) mass is 326 g/mol. The van der Waals surface area contributed by atoms with Crippen molar-refractivity contribution in [2.45, 2.75) is 37.7 Å². The van der Waals surface area contributed by atoms with Gasteiger partial charge in [-0.2, -0.15) is 0 Å². The number of ether oxygens (including phenoxy) is 1. The van der Waals surface area contributed by atoms with Gasteiger partial charge in [0, 0.05) is 37.7 Å². The molecule has 1 atom stereocenters. The summed E-state index contributed by atoms with van der Waals surface area (Å²) in [6, 6.07) is 11.8. The normalized spacial score (nSPS) is 23.8. The largest absolute Gasteiger partial charge is 0.365 e. The van der Waals surface area contributed by atoms with Crippen molar-refractivity contribution in [2.75, 3.05) is 19.7 Å². The highest BCUT2D eigenvalue weighted by Gasteiger charge is 2.46. The molecule has 0 radical (unpaired) electrons. The minimum absolute atomic E-state index is 0.121. The third kappa shape index (κ3) is 2.84. The van der Waals surface area contributed by atoms with E-state index in [1.165, 1.54) is 0 Å². The van der Waals surface area contributed by atoms with Gasteiger partial charge in [-0.3, -0.25) is 4.79 Å². The Morgan fingerprint density at radius 3 is 2.67 bits per heavy atom. The maximum atomic E-state index is 13.0. The van der Waals surface area contributed by atoms with E-state index in [0.29, 0.717) is 18.8 Å². The van der Waals surface area contributed by atoms with Crippen molar-refractivity contribution in [1.82, 2.24) is 10.1 Å². The lowest BCUT2D eigenvalue weighted by Gasteiger charge is -2.30. The van der Waals surface area contributed by atoms with Gasteiger partial charge in [0.2, 0.25) is 0 Å². The van der Waals surface area contributed by atoms with Crippen LogP contribution in [0.2, 0.25) is 0 Å². The van der Waals surface area contributed by atoms with Crippen molar-refractivity contribution in [3.63, 3.8) is 0 Å². The highest BCUT2D eigenvalue weighted by Crippen LogP contribution is 2.33. The molecule has 2 saturated heterocycles. The summed E-state index contributed by atoms with van der Waals surface area (Å²) in [4.78, 5) is 14.9. The van der Waals surface area contributed by atoms with Crippen molar-refractivity contribution in [2.24, 2.45) is 0 Å². The molecule has 2 aromatic rings. The van der Waals surface area contributed by atoms with Crippen molar-refractivity contribution in [1.29, 1.82) is 0 Å². The Bertz CT molecular complexity index is 698. The van der Waals surface area contributed by atoms with Crippen LogP contribution in [-0.4, -0.2) is 41.3 Å². The summed E-state index contributed by atoms with van der Waals surface area (Å²) in [6.07, 6.45) is 4.30. The summed E-state index contributed by atoms with van der Waals surface area (Å²) in [5.74, 6) is 0.832. The molecule has 0 saturated carbocycles. The van der Waals surface area contributed by atoms with Crippen LogP contribution in [0.1, 0.15) is 31.4 Å². The van der Waals surface area contributed by atoms with E-state index in [0.717, 1.165) is 50.0 Å². The molecular weight excluding hydrogens is 304 g/mol. The third-order valence-electron chi connectivity index (χ3n) is 4.97. The standard InChI is InChI=1S/C19H22N2O3/c22-18(21-10-4-5-11-21)19(9-6-12-23-19)14-16-13-17(20-24-16)15-7-2-1-3-8-15/h1-3,7-8,13H,4-6,9-12,14H2. The van der Waals surface area contributed by atoms with Crippen molar-refractivity contribution >= 4 is 5.91 Å². The lowest BCUT2D eigenvalue weighted by molar-refractivity contribution is -0.152. The van der Waals surface area contributed by atoms with E-state index in [-0.39, 0.29) is 5.91 Å². The molecule has 126 valence electrons. The summed E-state index contributed by atoms with van der Waals surface area (Å²) in [5, 5.41) is 4.16. The number of aromatic nitrogens is 1. The molecule has 1 aromatic heterocycles. The van der Waals surface area contributed by atoms with Crippen LogP contribution >= 0.6 is 0 Å². The Labute approximate surface area is 141 Å². The maximum absolute atomic E-state index is 13.0. The van der Waals surface area contributed by atoms with E-state index >= 15 is 0 Å². The van der Waals surface area contributed by atoms with Gasteiger partial charge >= 0.3 is 0 Å². The van der Waals surface area contributed by atoms with Crippen molar-refractivity contribution in [3.8, 4) is 11.3 Å². The first-order valence-electron chi connectivity index (χ1n) is 8.71. The average Bonchev–Trinajstić information content (AvgIpc) is 3.38. The summed E-state index contributed by atoms with van der Waals surface area (Å²) >= 11 is 0. The summed E-state index contributed by atoms with van der Waals surface area (Å²) in [6.45, 7) is 2.32. The van der Waals surface area contributed by atoms with Crippen molar-refractivity contribution < 1.29 is 14.1 Å². The van der Waals surface area contributed by atoms with Gasteiger partial charge in [-0.15, -0.1) is 0 Å². The Hall–Kier alpha value is -2.14. The Morgan fingerprint density at radius 2 is 1.96 bits per heavy atom. The Balaban J connectivity index is 1.55. The molecule has 3 heterocycles. The summed E-state index contributed by atoms with van der Waals surface area (Å²) < 4.78 is 11.5. The Kier molecular flexibility index (Phi) is 4.10. The third-order valence-corrected chi connectivity index (χ3v) is 4.97. The Morgan fingerprint density at radius 1 is 1.17 bits per heavy atom. The molecule has 0 bridgehead atoms. The summed E-state index contributed by atoms with van der Waals surface area (Å²) in [5.41, 5.74) is 1.05. The highest BCUT2D eigenvalue weighted by molar-refractivity contribution is 5.86. The molecule has 1 aromatic carbocycles. The van der Waals surface area contributed by atoms with Crippen LogP contribution in [0.5, 0.6) is 0 Å². The fourth-order valence-corrected chi connectivity index (χ4v) is 3.71. The lowest BCUT2D eigenvalue weighted by Crippen LogP contribution is -2.49. The first-order chi connectivity index (χ1) is 11.8. The van der Waals surface area contributed by atoms with E-state index < -0.39 is 5.60 Å². The SMILES string of the molecule is O=C(N1CCCC1)C1(Cc2cc(-c3ccccc3)no2)CCCO1. The zero-order valence-electron chi connectivity index (χ0n) is 13.7. The van der Waals surface area contributed by atoms with Gasteiger partial charge < -0.3 is 14.2 Å². The molecule has 1 amide bonds. The van der Waals surface area contributed by atoms with Crippen molar-refractivity contribution in [3.05, 3.63) is 42.2 Å². The smallest absolute Gasteiger partial charge is 0.255 e. The molecule has 0 spiro atoms. The van der Waals surface area contributed by atoms with Crippen LogP contribution in [0.3, 0.4) is 0 Å². The fraction of sp³-hybridized carbons (Fsp3) is 0.474. The maximum Gasteiger partial charge on any atom is 0.255 e. The van der Waals surface area contributed by atoms with Crippen LogP contribution < -0.4 is 0 Å². The minimum atomic E-state index is -0.766. The van der Waals surface area contributed by atoms with Gasteiger partial charge in [0.1, 0.15) is 11.5 Å². The van der Waals surface area contributed by atoms with Gasteiger partial charge in [-0.1, -0.05) is 35.5 Å². The summed E-state index contributed by atoms with van der Waals surface area (Å²) in [7, 11) is 0. The van der Waals surface area contributed by atoms with Crippen LogP contribution in [-0.2, 0) is 16.0 Å². The number of hydrogen-bond donors (Lipinski definition) is 0. The quantitative estimate of drug-likeness (QED) is 0.866. The fourth-order valence-electron chi connectivity index (χ4n) is 3.71. The molecule has 0 N–H and O–H groups in total. The molecule has 2 aliphatic rings. The molecule has 5 nitrogen and oxygen atoms in total. The average molecular weight is 326 g/mol. The molecule has 0 aliphatic carbocycles. The highest BCUT2D eigenvalue weighted by atomic mass is 16.5. The van der Waals surface area contributed by atoms with Gasteiger partial charge in [0.25, 0.3) is 5.91 Å². The predicted octanol–water partition coefficient (Wildman–Crippen LogP) is 3.06. The van der Waals surface area contributed by atoms with Crippen LogP contribution in [0.15, 0.2) is 40.9 Å². The van der Waals surface area contributed by atoms with Crippen LogP contribution in [0.4, 0.5) is 0 Å². The van der Waals surface area contributed by atoms with E-state index in [9.17, 15) is 4.79 Å². The molecular formula is C19H22N2O3. The van der Waals surface area contributed by atoms with Gasteiger partial charge in [-0.05, 0) is 25.7 Å². The van der Waals surface area contributed by atoms with E-state index in [4.69, 9.17) is 9.26 Å². The lowest BCUT2D eigenvalue weighted by atomic mass is 9.92. The predicted molar refractivity (Wildman–Crippen MR) is 89.4 cm³/mol. The van der Waals surface area contributed by atoms with Crippen LogP contribution in [0.25, 0.3) is 11.3 Å². The number of carbonyl (C=O) groups excluding carboxylic acids is 1. The van der Waals surface area contributed by atoms with Gasteiger partial charge in [0.05, 0.1) is 0 Å². The van der Waals surface area contributed by atoms with Crippen LogP contribution in [0, 0.1) is 0 Å². The second-order valence-corrected chi connectivity index (χ2v) is 6.67. The molecule has 5 heteroatoms. The number of rotatable bonds is 4. The molecule has 2 aliphatic heterocycles. The molecule has 24 heavy (non-hydrogen) atoms. The first kappa shape index (κ1) is 15.4. The molecule has 2 fully saturated rings. The van der Waals surface area contributed by atoms with Gasteiger partial charge in [-0.25, -0.2) is 0 Å². The molecule has 1 unspecified atom stereocenters. The van der Waals surface area contributed by atoms with Gasteiger partial charge in [0.15, 0.2) is 5.60 Å². The second-order valence-electron chi connectivity index (χ2n) is 6.67. The first-order valence-corrected chi connectivity index (χ1v) is 8.71. The zero-order chi connectivity index (χ0) is 16.4. The number of hydrogen-bond acceptors (Lipinski definition) is 4. The molecule has 4 rings (SSSR count).